The van der Waals surface area contributed by atoms with E-state index in [-0.39, 0.29) is 5.91 Å². The van der Waals surface area contributed by atoms with E-state index in [0.29, 0.717) is 18.5 Å². The van der Waals surface area contributed by atoms with Crippen LogP contribution in [-0.4, -0.2) is 21.6 Å². The van der Waals surface area contributed by atoms with Gasteiger partial charge in [0.25, 0.3) is 0 Å². The average molecular weight is 362 g/mol. The highest BCUT2D eigenvalue weighted by atomic mass is 16.4. The van der Waals surface area contributed by atoms with Crippen LogP contribution >= 0.6 is 0 Å². The topological polar surface area (TPSA) is 71.3 Å². The van der Waals surface area contributed by atoms with E-state index < -0.39 is 17.8 Å². The Hall–Kier alpha value is -3.08. The quantitative estimate of drug-likeness (QED) is 0.675. The summed E-state index contributed by atoms with van der Waals surface area (Å²) in [5.41, 5.74) is 2.99. The molecule has 2 aromatic carbocycles. The Morgan fingerprint density at radius 3 is 2.48 bits per heavy atom. The second-order valence-corrected chi connectivity index (χ2v) is 6.98. The van der Waals surface area contributed by atoms with Crippen molar-refractivity contribution in [2.24, 2.45) is 11.8 Å². The van der Waals surface area contributed by atoms with Crippen molar-refractivity contribution in [1.29, 1.82) is 0 Å². The molecule has 0 fully saturated rings. The Bertz CT molecular complexity index is 1060. The number of rotatable bonds is 4. The number of benzene rings is 2. The van der Waals surface area contributed by atoms with Gasteiger partial charge in [-0.1, -0.05) is 30.4 Å². The Morgan fingerprint density at radius 2 is 1.74 bits per heavy atom. The van der Waals surface area contributed by atoms with E-state index in [0.717, 1.165) is 22.8 Å². The summed E-state index contributed by atoms with van der Waals surface area (Å²) in [4.78, 5) is 24.2. The van der Waals surface area contributed by atoms with Crippen LogP contribution in [0.25, 0.3) is 21.8 Å². The molecule has 1 aliphatic rings. The van der Waals surface area contributed by atoms with Gasteiger partial charge in [0.1, 0.15) is 0 Å². The molecule has 1 amide bonds. The summed E-state index contributed by atoms with van der Waals surface area (Å²) >= 11 is 0. The molecule has 2 N–H and O–H groups in total. The third-order valence-electron chi connectivity index (χ3n) is 5.44. The van der Waals surface area contributed by atoms with Crippen molar-refractivity contribution in [1.82, 2.24) is 4.57 Å². The van der Waals surface area contributed by atoms with Crippen LogP contribution < -0.4 is 5.32 Å². The molecular formula is C22H22N2O3. The largest absolute Gasteiger partial charge is 0.481 e. The number of aryl methyl sites for hydroxylation is 1. The van der Waals surface area contributed by atoms with Gasteiger partial charge >= 0.3 is 5.97 Å². The smallest absolute Gasteiger partial charge is 0.307 e. The maximum atomic E-state index is 12.7. The van der Waals surface area contributed by atoms with Gasteiger partial charge in [0.05, 0.1) is 11.8 Å². The number of aromatic nitrogens is 1. The molecule has 27 heavy (non-hydrogen) atoms. The second kappa shape index (κ2) is 6.91. The van der Waals surface area contributed by atoms with Crippen molar-refractivity contribution in [2.45, 2.75) is 26.3 Å². The summed E-state index contributed by atoms with van der Waals surface area (Å²) in [5, 5.41) is 14.6. The second-order valence-electron chi connectivity index (χ2n) is 6.98. The lowest BCUT2D eigenvalue weighted by Gasteiger charge is -2.24. The third-order valence-corrected chi connectivity index (χ3v) is 5.44. The molecule has 1 aromatic heterocycles. The van der Waals surface area contributed by atoms with Gasteiger partial charge in [0.15, 0.2) is 0 Å². The first-order valence-corrected chi connectivity index (χ1v) is 9.29. The molecule has 0 unspecified atom stereocenters. The van der Waals surface area contributed by atoms with Gasteiger partial charge < -0.3 is 15.0 Å². The molecule has 3 aromatic rings. The minimum absolute atomic E-state index is 0.231. The fourth-order valence-corrected chi connectivity index (χ4v) is 4.08. The molecule has 1 aliphatic carbocycles. The number of hydrogen-bond acceptors (Lipinski definition) is 2. The number of carboxylic acids is 1. The first-order valence-electron chi connectivity index (χ1n) is 9.29. The number of carbonyl (C=O) groups excluding carboxylic acids is 1. The fraction of sp³-hybridized carbons (Fsp3) is 0.273. The Morgan fingerprint density at radius 1 is 1.04 bits per heavy atom. The van der Waals surface area contributed by atoms with Crippen molar-refractivity contribution in [3.63, 3.8) is 0 Å². The number of carboxylic acid groups (broad SMARTS) is 1. The summed E-state index contributed by atoms with van der Waals surface area (Å²) in [7, 11) is 0. The molecule has 0 saturated heterocycles. The minimum atomic E-state index is -0.916. The standard InChI is InChI=1S/C22H22N2O3/c1-2-24-19-10-6-5-7-15(19)18-13-14(11-12-20(18)24)23-21(25)16-8-3-4-9-17(16)22(26)27/h3-7,10-13,16-17H,2,8-9H2,1H3,(H,23,25)(H,26,27)/t16-,17-/m0/s1. The van der Waals surface area contributed by atoms with Crippen LogP contribution in [0.15, 0.2) is 54.6 Å². The molecule has 1 heterocycles. The van der Waals surface area contributed by atoms with Crippen LogP contribution in [-0.2, 0) is 16.1 Å². The lowest BCUT2D eigenvalue weighted by Crippen LogP contribution is -2.34. The summed E-state index contributed by atoms with van der Waals surface area (Å²) in [5.74, 6) is -2.35. The van der Waals surface area contributed by atoms with Crippen molar-refractivity contribution < 1.29 is 14.7 Å². The Labute approximate surface area is 157 Å². The normalized spacial score (nSPS) is 19.4. The first-order chi connectivity index (χ1) is 13.1. The molecule has 4 rings (SSSR count). The molecule has 5 heteroatoms. The molecule has 5 nitrogen and oxygen atoms in total. The lowest BCUT2D eigenvalue weighted by molar-refractivity contribution is -0.146. The monoisotopic (exact) mass is 362 g/mol. The van der Waals surface area contributed by atoms with Crippen molar-refractivity contribution >= 4 is 39.4 Å². The highest BCUT2D eigenvalue weighted by Crippen LogP contribution is 2.32. The zero-order valence-corrected chi connectivity index (χ0v) is 15.2. The van der Waals surface area contributed by atoms with Gasteiger partial charge in [-0.15, -0.1) is 0 Å². The van der Waals surface area contributed by atoms with Crippen LogP contribution in [0.1, 0.15) is 19.8 Å². The number of nitrogens with zero attached hydrogens (tertiary/aromatic N) is 1. The SMILES string of the molecule is CCn1c2ccccc2c2cc(NC(=O)[C@H]3CC=CC[C@@H]3C(=O)O)ccc21. The highest BCUT2D eigenvalue weighted by Gasteiger charge is 2.34. The predicted molar refractivity (Wildman–Crippen MR) is 107 cm³/mol. The summed E-state index contributed by atoms with van der Waals surface area (Å²) in [6, 6.07) is 14.1. The predicted octanol–water partition coefficient (Wildman–Crippen LogP) is 4.42. The number of fused-ring (bicyclic) bond motifs is 3. The van der Waals surface area contributed by atoms with Gasteiger partial charge in [0, 0.05) is 34.0 Å². The van der Waals surface area contributed by atoms with Gasteiger partial charge in [-0.2, -0.15) is 0 Å². The Balaban J connectivity index is 1.68. The van der Waals surface area contributed by atoms with Crippen LogP contribution in [0.4, 0.5) is 5.69 Å². The summed E-state index contributed by atoms with van der Waals surface area (Å²) in [6.45, 7) is 2.98. The molecule has 0 radical (unpaired) electrons. The molecular weight excluding hydrogens is 340 g/mol. The minimum Gasteiger partial charge on any atom is -0.481 e. The van der Waals surface area contributed by atoms with E-state index in [2.05, 4.69) is 28.9 Å². The molecule has 0 spiro atoms. The zero-order valence-electron chi connectivity index (χ0n) is 15.2. The van der Waals surface area contributed by atoms with E-state index >= 15 is 0 Å². The lowest BCUT2D eigenvalue weighted by atomic mass is 9.82. The molecule has 138 valence electrons. The highest BCUT2D eigenvalue weighted by molar-refractivity contribution is 6.10. The third kappa shape index (κ3) is 2.99. The number of para-hydroxylation sites is 1. The Kier molecular flexibility index (Phi) is 4.44. The zero-order chi connectivity index (χ0) is 19.0. The van der Waals surface area contributed by atoms with E-state index in [1.54, 1.807) is 0 Å². The molecule has 2 atom stereocenters. The average Bonchev–Trinajstić information content (AvgIpc) is 3.01. The van der Waals surface area contributed by atoms with Crippen molar-refractivity contribution in [2.75, 3.05) is 5.32 Å². The number of allylic oxidation sites excluding steroid dienone is 2. The van der Waals surface area contributed by atoms with E-state index in [9.17, 15) is 14.7 Å². The van der Waals surface area contributed by atoms with Crippen molar-refractivity contribution in [3.8, 4) is 0 Å². The molecule has 0 bridgehead atoms. The molecule has 0 aliphatic heterocycles. The molecule has 0 saturated carbocycles. The number of amides is 1. The summed E-state index contributed by atoms with van der Waals surface area (Å²) in [6.07, 6.45) is 4.59. The van der Waals surface area contributed by atoms with Gasteiger partial charge in [-0.25, -0.2) is 0 Å². The maximum absolute atomic E-state index is 12.7. The number of nitrogens with one attached hydrogen (secondary N) is 1. The number of hydrogen-bond donors (Lipinski definition) is 2. The number of anilines is 1. The van der Waals surface area contributed by atoms with Crippen LogP contribution in [0.5, 0.6) is 0 Å². The van der Waals surface area contributed by atoms with E-state index in [4.69, 9.17) is 0 Å². The van der Waals surface area contributed by atoms with Crippen LogP contribution in [0, 0.1) is 11.8 Å². The van der Waals surface area contributed by atoms with E-state index in [1.165, 1.54) is 5.52 Å². The van der Waals surface area contributed by atoms with Gasteiger partial charge in [-0.3, -0.25) is 9.59 Å². The maximum Gasteiger partial charge on any atom is 0.307 e. The van der Waals surface area contributed by atoms with Crippen LogP contribution in [0.2, 0.25) is 0 Å². The number of carbonyl (C=O) groups is 2. The number of aliphatic carboxylic acids is 1. The van der Waals surface area contributed by atoms with Crippen LogP contribution in [0.3, 0.4) is 0 Å². The fourth-order valence-electron chi connectivity index (χ4n) is 4.08. The van der Waals surface area contributed by atoms with Crippen molar-refractivity contribution in [3.05, 3.63) is 54.6 Å². The first kappa shape index (κ1) is 17.3. The van der Waals surface area contributed by atoms with E-state index in [1.807, 2.05) is 42.5 Å². The van der Waals surface area contributed by atoms with Gasteiger partial charge in [-0.05, 0) is 44.0 Å². The summed E-state index contributed by atoms with van der Waals surface area (Å²) < 4.78 is 2.25. The van der Waals surface area contributed by atoms with Gasteiger partial charge in [0.2, 0.25) is 5.91 Å².